The first-order valence-electron chi connectivity index (χ1n) is 7.17. The van der Waals surface area contributed by atoms with Crippen molar-refractivity contribution in [2.24, 2.45) is 0 Å². The Labute approximate surface area is 139 Å². The number of nitrogens with zero attached hydrogens (tertiary/aromatic N) is 1. The fraction of sp³-hybridized carbons (Fsp3) is 0.188. The zero-order valence-corrected chi connectivity index (χ0v) is 13.7. The lowest BCUT2D eigenvalue weighted by Gasteiger charge is -2.16. The van der Waals surface area contributed by atoms with E-state index >= 15 is 0 Å². The first kappa shape index (κ1) is 16.1. The van der Waals surface area contributed by atoms with Gasteiger partial charge in [0.25, 0.3) is 5.91 Å². The zero-order valence-electron chi connectivity index (χ0n) is 12.9. The molecule has 1 aliphatic rings. The van der Waals surface area contributed by atoms with E-state index in [2.05, 4.69) is 0 Å². The Morgan fingerprint density at radius 2 is 1.96 bits per heavy atom. The second kappa shape index (κ2) is 6.04. The van der Waals surface area contributed by atoms with E-state index in [-0.39, 0.29) is 18.0 Å². The first-order valence-corrected chi connectivity index (χ1v) is 8.61. The minimum absolute atomic E-state index is 0.0720. The second-order valence-corrected chi connectivity index (χ2v) is 6.98. The number of anilines is 1. The molecule has 2 aromatic carbocycles. The van der Waals surface area contributed by atoms with E-state index in [1.165, 1.54) is 12.1 Å². The molecule has 8 heteroatoms. The van der Waals surface area contributed by atoms with Gasteiger partial charge in [0.05, 0.1) is 12.8 Å². The molecule has 0 aromatic heterocycles. The standard InChI is InChI=1S/C16H16N2O5S/c1-23-13-4-2-3-11(8-13)7-12-5-6-14(15(19)9-12)18-10-16(20)17-24(18,21)22/h2-6,8-9,19H,7,10H2,1H3,(H,17,20). The van der Waals surface area contributed by atoms with Gasteiger partial charge in [-0.15, -0.1) is 0 Å². The highest BCUT2D eigenvalue weighted by atomic mass is 32.2. The number of carbonyl (C=O) groups excluding carboxylic acids is 1. The molecule has 2 N–H and O–H groups in total. The molecule has 1 amide bonds. The Morgan fingerprint density at radius 1 is 1.21 bits per heavy atom. The summed E-state index contributed by atoms with van der Waals surface area (Å²) in [6.07, 6.45) is 0.551. The van der Waals surface area contributed by atoms with E-state index in [0.717, 1.165) is 21.2 Å². The van der Waals surface area contributed by atoms with Crippen LogP contribution in [0.25, 0.3) is 0 Å². The molecule has 1 aliphatic heterocycles. The second-order valence-electron chi connectivity index (χ2n) is 5.39. The van der Waals surface area contributed by atoms with E-state index < -0.39 is 16.1 Å². The summed E-state index contributed by atoms with van der Waals surface area (Å²) in [5.74, 6) is -0.0913. The molecule has 0 saturated carbocycles. The van der Waals surface area contributed by atoms with Crippen LogP contribution < -0.4 is 13.8 Å². The molecule has 1 fully saturated rings. The highest BCUT2D eigenvalue weighted by Crippen LogP contribution is 2.32. The van der Waals surface area contributed by atoms with Crippen LogP contribution in [-0.2, 0) is 21.4 Å². The normalized spacial score (nSPS) is 16.0. The highest BCUT2D eigenvalue weighted by molar-refractivity contribution is 7.92. The largest absolute Gasteiger partial charge is 0.506 e. The van der Waals surface area contributed by atoms with Gasteiger partial charge in [-0.1, -0.05) is 18.2 Å². The number of ether oxygens (including phenoxy) is 1. The Kier molecular flexibility index (Phi) is 4.06. The van der Waals surface area contributed by atoms with Gasteiger partial charge in [-0.2, -0.15) is 8.42 Å². The van der Waals surface area contributed by atoms with Gasteiger partial charge in [-0.05, 0) is 41.8 Å². The third kappa shape index (κ3) is 3.13. The molecule has 24 heavy (non-hydrogen) atoms. The lowest BCUT2D eigenvalue weighted by molar-refractivity contribution is -0.117. The monoisotopic (exact) mass is 348 g/mol. The molecule has 1 heterocycles. The van der Waals surface area contributed by atoms with Crippen molar-refractivity contribution in [3.05, 3.63) is 53.6 Å². The lowest BCUT2D eigenvalue weighted by atomic mass is 10.0. The van der Waals surface area contributed by atoms with Crippen molar-refractivity contribution in [2.75, 3.05) is 18.0 Å². The zero-order chi connectivity index (χ0) is 17.3. The van der Waals surface area contributed by atoms with Crippen molar-refractivity contribution < 1.29 is 23.1 Å². The number of nitrogens with one attached hydrogen (secondary N) is 1. The molecule has 126 valence electrons. The Bertz CT molecular complexity index is 895. The molecule has 3 rings (SSSR count). The summed E-state index contributed by atoms with van der Waals surface area (Å²) in [4.78, 5) is 11.3. The molecule has 0 aliphatic carbocycles. The predicted octanol–water partition coefficient (Wildman–Crippen LogP) is 1.17. The third-order valence-electron chi connectivity index (χ3n) is 3.67. The van der Waals surface area contributed by atoms with Crippen LogP contribution in [0.4, 0.5) is 5.69 Å². The van der Waals surface area contributed by atoms with E-state index in [4.69, 9.17) is 4.74 Å². The van der Waals surface area contributed by atoms with Crippen LogP contribution in [0.2, 0.25) is 0 Å². The van der Waals surface area contributed by atoms with Crippen molar-refractivity contribution in [1.82, 2.24) is 4.72 Å². The number of hydrogen-bond donors (Lipinski definition) is 2. The number of aromatic hydroxyl groups is 1. The number of benzene rings is 2. The molecule has 0 spiro atoms. The number of carbonyl (C=O) groups is 1. The molecule has 7 nitrogen and oxygen atoms in total. The van der Waals surface area contributed by atoms with E-state index in [1.54, 1.807) is 13.2 Å². The molecule has 0 atom stereocenters. The summed E-state index contributed by atoms with van der Waals surface area (Å²) in [6, 6.07) is 12.2. The maximum Gasteiger partial charge on any atom is 0.326 e. The van der Waals surface area contributed by atoms with Crippen LogP contribution in [0.15, 0.2) is 42.5 Å². The van der Waals surface area contributed by atoms with Gasteiger partial charge in [0.1, 0.15) is 18.0 Å². The van der Waals surface area contributed by atoms with Crippen LogP contribution in [-0.4, -0.2) is 33.1 Å². The summed E-state index contributed by atoms with van der Waals surface area (Å²) in [6.45, 7) is -0.342. The van der Waals surface area contributed by atoms with Gasteiger partial charge in [0.15, 0.2) is 0 Å². The van der Waals surface area contributed by atoms with Gasteiger partial charge >= 0.3 is 10.2 Å². The Morgan fingerprint density at radius 3 is 2.58 bits per heavy atom. The van der Waals surface area contributed by atoms with Crippen molar-refractivity contribution in [3.8, 4) is 11.5 Å². The molecule has 0 radical (unpaired) electrons. The number of phenolic OH excluding ortho intramolecular Hbond substituents is 1. The lowest BCUT2D eigenvalue weighted by Crippen LogP contribution is -2.29. The van der Waals surface area contributed by atoms with Gasteiger partial charge in [-0.3, -0.25) is 4.79 Å². The number of rotatable bonds is 4. The Hall–Kier alpha value is -2.74. The van der Waals surface area contributed by atoms with E-state index in [9.17, 15) is 18.3 Å². The van der Waals surface area contributed by atoms with Crippen LogP contribution in [0.5, 0.6) is 11.5 Å². The van der Waals surface area contributed by atoms with E-state index in [1.807, 2.05) is 29.0 Å². The summed E-state index contributed by atoms with van der Waals surface area (Å²) >= 11 is 0. The van der Waals surface area contributed by atoms with Gasteiger partial charge < -0.3 is 9.84 Å². The average molecular weight is 348 g/mol. The average Bonchev–Trinajstić information content (AvgIpc) is 2.80. The van der Waals surface area contributed by atoms with Crippen molar-refractivity contribution in [2.45, 2.75) is 6.42 Å². The summed E-state index contributed by atoms with van der Waals surface area (Å²) < 4.78 is 31.6. The summed E-state index contributed by atoms with van der Waals surface area (Å²) in [7, 11) is -2.35. The summed E-state index contributed by atoms with van der Waals surface area (Å²) in [5, 5.41) is 10.2. The fourth-order valence-electron chi connectivity index (χ4n) is 2.57. The molecular formula is C16H16N2O5S. The number of methoxy groups -OCH3 is 1. The Balaban J connectivity index is 1.86. The third-order valence-corrected chi connectivity index (χ3v) is 5.06. The van der Waals surface area contributed by atoms with Crippen LogP contribution >= 0.6 is 0 Å². The first-order chi connectivity index (χ1) is 11.4. The van der Waals surface area contributed by atoms with Gasteiger partial charge in [0.2, 0.25) is 0 Å². The molecule has 0 unspecified atom stereocenters. The maximum absolute atomic E-state index is 11.8. The minimum atomic E-state index is -3.94. The highest BCUT2D eigenvalue weighted by Gasteiger charge is 2.35. The SMILES string of the molecule is COc1cccc(Cc2ccc(N3CC(=O)NS3(=O)=O)c(O)c2)c1. The number of amides is 1. The summed E-state index contributed by atoms with van der Waals surface area (Å²) in [5.41, 5.74) is 1.87. The van der Waals surface area contributed by atoms with E-state index in [0.29, 0.717) is 6.42 Å². The van der Waals surface area contributed by atoms with Crippen LogP contribution in [0.1, 0.15) is 11.1 Å². The molecule has 2 aromatic rings. The number of phenols is 1. The predicted molar refractivity (Wildman–Crippen MR) is 88.3 cm³/mol. The topological polar surface area (TPSA) is 95.9 Å². The fourth-order valence-corrected chi connectivity index (χ4v) is 3.73. The van der Waals surface area contributed by atoms with Crippen LogP contribution in [0.3, 0.4) is 0 Å². The molecular weight excluding hydrogens is 332 g/mol. The van der Waals surface area contributed by atoms with Gasteiger partial charge in [0, 0.05) is 0 Å². The van der Waals surface area contributed by atoms with Gasteiger partial charge in [-0.25, -0.2) is 9.03 Å². The van der Waals surface area contributed by atoms with Crippen molar-refractivity contribution in [1.29, 1.82) is 0 Å². The quantitative estimate of drug-likeness (QED) is 0.865. The number of hydrogen-bond acceptors (Lipinski definition) is 5. The van der Waals surface area contributed by atoms with Crippen molar-refractivity contribution >= 4 is 21.8 Å². The minimum Gasteiger partial charge on any atom is -0.506 e. The maximum atomic E-state index is 11.8. The molecule has 0 bridgehead atoms. The molecule has 1 saturated heterocycles. The van der Waals surface area contributed by atoms with Crippen molar-refractivity contribution in [3.63, 3.8) is 0 Å². The van der Waals surface area contributed by atoms with Crippen LogP contribution in [0, 0.1) is 0 Å². The smallest absolute Gasteiger partial charge is 0.326 e.